The van der Waals surface area contributed by atoms with E-state index in [1.807, 2.05) is 13.0 Å². The highest BCUT2D eigenvalue weighted by Crippen LogP contribution is 2.49. The second-order valence-electron chi connectivity index (χ2n) is 10.3. The minimum Gasteiger partial charge on any atom is -0.381 e. The van der Waals surface area contributed by atoms with Gasteiger partial charge in [-0.2, -0.15) is 18.3 Å². The van der Waals surface area contributed by atoms with Crippen molar-refractivity contribution in [3.63, 3.8) is 0 Å². The molecule has 2 aromatic carbocycles. The Morgan fingerprint density at radius 1 is 1.13 bits per heavy atom. The van der Waals surface area contributed by atoms with Crippen molar-refractivity contribution in [1.29, 1.82) is 0 Å². The Morgan fingerprint density at radius 3 is 2.58 bits per heavy atom. The molecule has 2 aliphatic heterocycles. The summed E-state index contributed by atoms with van der Waals surface area (Å²) >= 11 is 0. The number of fused-ring (bicyclic) bond motifs is 2. The van der Waals surface area contributed by atoms with Gasteiger partial charge in [-0.1, -0.05) is 0 Å². The number of hydrogen-bond acceptors (Lipinski definition) is 4. The number of nitrogens with zero attached hydrogens (tertiary/aromatic N) is 2. The van der Waals surface area contributed by atoms with Crippen molar-refractivity contribution < 1.29 is 36.3 Å². The molecule has 38 heavy (non-hydrogen) atoms. The Labute approximate surface area is 213 Å². The molecule has 4 atom stereocenters. The van der Waals surface area contributed by atoms with Crippen molar-refractivity contribution >= 4 is 22.7 Å². The molecule has 1 aromatic heterocycles. The van der Waals surface area contributed by atoms with Crippen molar-refractivity contribution in [3.8, 4) is 0 Å². The molecule has 1 saturated carbocycles. The van der Waals surface area contributed by atoms with Crippen LogP contribution < -0.4 is 5.32 Å². The maximum Gasteiger partial charge on any atom is 0.419 e. The smallest absolute Gasteiger partial charge is 0.381 e. The summed E-state index contributed by atoms with van der Waals surface area (Å²) in [5.74, 6) is -4.15. The molecule has 0 radical (unpaired) electrons. The van der Waals surface area contributed by atoms with Gasteiger partial charge in [-0.15, -0.1) is 0 Å². The number of alkyl halides is 3. The number of piperidine rings is 1. The van der Waals surface area contributed by atoms with Crippen LogP contribution in [0.5, 0.6) is 0 Å². The van der Waals surface area contributed by atoms with E-state index in [-0.39, 0.29) is 37.1 Å². The first-order valence-corrected chi connectivity index (χ1v) is 12.2. The number of aryl methyl sites for hydroxylation is 1. The molecule has 1 aliphatic carbocycles. The van der Waals surface area contributed by atoms with Crippen LogP contribution >= 0.6 is 0 Å². The normalized spacial score (nSPS) is 23.7. The lowest BCUT2D eigenvalue weighted by molar-refractivity contribution is -0.140. The number of rotatable bonds is 5. The SMILES string of the molecule is Cc1cc(C(=O)N2[C@@H](C(=O)N[C@@H](c3cc(F)c(C(F)(F)F)cc3F)C3COC3)C[C@H]3C[C@H]32)c2[nH]ncc2c1. The van der Waals surface area contributed by atoms with E-state index in [1.165, 1.54) is 4.90 Å². The number of likely N-dealkylation sites (tertiary alicyclic amines) is 1. The van der Waals surface area contributed by atoms with Crippen molar-refractivity contribution in [2.45, 2.75) is 44.1 Å². The molecule has 0 spiro atoms. The summed E-state index contributed by atoms with van der Waals surface area (Å²) in [6.07, 6.45) is -2.30. The van der Waals surface area contributed by atoms with Gasteiger partial charge in [0, 0.05) is 22.9 Å². The first kappa shape index (κ1) is 24.8. The Morgan fingerprint density at radius 2 is 1.89 bits per heavy atom. The van der Waals surface area contributed by atoms with E-state index in [0.29, 0.717) is 23.6 Å². The maximum atomic E-state index is 14.9. The minimum atomic E-state index is -5.07. The van der Waals surface area contributed by atoms with E-state index >= 15 is 0 Å². The zero-order valence-corrected chi connectivity index (χ0v) is 20.1. The lowest BCUT2D eigenvalue weighted by atomic mass is 9.89. The summed E-state index contributed by atoms with van der Waals surface area (Å²) in [5.41, 5.74) is -0.335. The van der Waals surface area contributed by atoms with E-state index in [2.05, 4.69) is 15.5 Å². The van der Waals surface area contributed by atoms with E-state index in [1.54, 1.807) is 12.3 Å². The molecular weight excluding hydrogens is 511 g/mol. The average Bonchev–Trinajstić information content (AvgIpc) is 3.23. The zero-order valence-electron chi connectivity index (χ0n) is 20.1. The zero-order chi connectivity index (χ0) is 26.9. The van der Waals surface area contributed by atoms with Crippen LogP contribution in [0.2, 0.25) is 0 Å². The quantitative estimate of drug-likeness (QED) is 0.479. The van der Waals surface area contributed by atoms with Crippen molar-refractivity contribution in [3.05, 3.63) is 64.4 Å². The molecule has 2 saturated heterocycles. The number of carbonyl (C=O) groups excluding carboxylic acids is 2. The largest absolute Gasteiger partial charge is 0.419 e. The number of carbonyl (C=O) groups is 2. The molecule has 0 unspecified atom stereocenters. The first-order valence-electron chi connectivity index (χ1n) is 12.2. The topological polar surface area (TPSA) is 87.3 Å². The van der Waals surface area contributed by atoms with E-state index in [4.69, 9.17) is 4.74 Å². The van der Waals surface area contributed by atoms with Crippen LogP contribution in [0.3, 0.4) is 0 Å². The second-order valence-corrected chi connectivity index (χ2v) is 10.3. The molecule has 3 fully saturated rings. The highest BCUT2D eigenvalue weighted by atomic mass is 19.4. The van der Waals surface area contributed by atoms with Gasteiger partial charge < -0.3 is 15.0 Å². The van der Waals surface area contributed by atoms with Crippen LogP contribution in [0, 0.1) is 30.4 Å². The summed E-state index contributed by atoms with van der Waals surface area (Å²) < 4.78 is 73.6. The van der Waals surface area contributed by atoms with Gasteiger partial charge >= 0.3 is 6.18 Å². The number of halogens is 5. The number of aromatic amines is 1. The molecule has 2 amide bonds. The maximum absolute atomic E-state index is 14.9. The predicted molar refractivity (Wildman–Crippen MR) is 124 cm³/mol. The van der Waals surface area contributed by atoms with Crippen molar-refractivity contribution in [2.24, 2.45) is 11.8 Å². The number of ether oxygens (including phenoxy) is 1. The van der Waals surface area contributed by atoms with Gasteiger partial charge in [0.15, 0.2) is 0 Å². The van der Waals surface area contributed by atoms with Gasteiger partial charge in [-0.3, -0.25) is 14.7 Å². The molecule has 3 aliphatic rings. The van der Waals surface area contributed by atoms with Crippen LogP contribution in [-0.2, 0) is 15.7 Å². The molecule has 0 bridgehead atoms. The van der Waals surface area contributed by atoms with Gasteiger partial charge in [0.05, 0.1) is 42.1 Å². The van der Waals surface area contributed by atoms with Crippen molar-refractivity contribution in [2.75, 3.05) is 13.2 Å². The molecule has 3 aromatic rings. The van der Waals surface area contributed by atoms with Crippen LogP contribution in [0.25, 0.3) is 10.9 Å². The predicted octanol–water partition coefficient (Wildman–Crippen LogP) is 4.28. The van der Waals surface area contributed by atoms with Gasteiger partial charge in [-0.25, -0.2) is 8.78 Å². The molecule has 2 N–H and O–H groups in total. The molecule has 3 heterocycles. The number of amides is 2. The highest BCUT2D eigenvalue weighted by molar-refractivity contribution is 6.07. The molecule has 6 rings (SSSR count). The number of aromatic nitrogens is 2. The van der Waals surface area contributed by atoms with Crippen LogP contribution in [0.15, 0.2) is 30.5 Å². The lowest BCUT2D eigenvalue weighted by Crippen LogP contribution is -2.51. The van der Waals surface area contributed by atoms with Gasteiger partial charge in [0.25, 0.3) is 5.91 Å². The van der Waals surface area contributed by atoms with E-state index in [0.717, 1.165) is 17.4 Å². The first-order chi connectivity index (χ1) is 18.0. The van der Waals surface area contributed by atoms with Crippen LogP contribution in [0.1, 0.15) is 45.9 Å². The van der Waals surface area contributed by atoms with Crippen LogP contribution in [0.4, 0.5) is 22.0 Å². The Hall–Kier alpha value is -3.54. The van der Waals surface area contributed by atoms with Gasteiger partial charge in [0.1, 0.15) is 17.7 Å². The Bertz CT molecular complexity index is 1450. The highest BCUT2D eigenvalue weighted by Gasteiger charge is 2.56. The second kappa shape index (κ2) is 8.75. The summed E-state index contributed by atoms with van der Waals surface area (Å²) in [7, 11) is 0. The third kappa shape index (κ3) is 4.11. The van der Waals surface area contributed by atoms with E-state index < -0.39 is 52.8 Å². The summed E-state index contributed by atoms with van der Waals surface area (Å²) in [6, 6.07) is 2.09. The van der Waals surface area contributed by atoms with Gasteiger partial charge in [0.2, 0.25) is 5.91 Å². The minimum absolute atomic E-state index is 0.108. The van der Waals surface area contributed by atoms with E-state index in [9.17, 15) is 31.5 Å². The summed E-state index contributed by atoms with van der Waals surface area (Å²) in [4.78, 5) is 28.8. The summed E-state index contributed by atoms with van der Waals surface area (Å²) in [6.45, 7) is 2.08. The fourth-order valence-corrected chi connectivity index (χ4v) is 5.66. The average molecular weight is 534 g/mol. The molecule has 200 valence electrons. The van der Waals surface area contributed by atoms with Crippen molar-refractivity contribution in [1.82, 2.24) is 20.4 Å². The number of nitrogens with one attached hydrogen (secondary N) is 2. The molecule has 7 nitrogen and oxygen atoms in total. The standard InChI is InChI=1S/C26H23F5N4O3/c1-11-2-13-8-32-34-23(13)16(3-11)25(37)35-20-4-12(20)5-21(35)24(36)33-22(14-9-38-10-14)15-6-19(28)17(7-18(15)27)26(29,30)31/h2-3,6-8,12,14,20-22H,4-5,9-10H2,1H3,(H,32,34)(H,33,36)/t12-,20-,21-,22-/m1/s1. The third-order valence-corrected chi connectivity index (χ3v) is 7.72. The van der Waals surface area contributed by atoms with Crippen LogP contribution in [-0.4, -0.2) is 52.2 Å². The number of hydrogen-bond donors (Lipinski definition) is 2. The number of benzene rings is 2. The fourth-order valence-electron chi connectivity index (χ4n) is 5.66. The summed E-state index contributed by atoms with van der Waals surface area (Å²) in [5, 5.41) is 10.3. The third-order valence-electron chi connectivity index (χ3n) is 7.72. The Balaban J connectivity index is 1.29. The Kier molecular flexibility index (Phi) is 5.71. The fraction of sp³-hybridized carbons (Fsp3) is 0.423. The molecule has 12 heteroatoms. The number of H-pyrrole nitrogens is 1. The monoisotopic (exact) mass is 534 g/mol. The molecular formula is C26H23F5N4O3. The lowest BCUT2D eigenvalue weighted by Gasteiger charge is -2.36. The van der Waals surface area contributed by atoms with Gasteiger partial charge in [-0.05, 0) is 55.5 Å².